The Morgan fingerprint density at radius 1 is 1.08 bits per heavy atom. The van der Waals surface area contributed by atoms with Crippen LogP contribution in [0.15, 0.2) is 54.9 Å². The molecule has 3 rings (SSSR count). The van der Waals surface area contributed by atoms with E-state index < -0.39 is 0 Å². The zero-order chi connectivity index (χ0) is 18.7. The number of nitrogens with zero attached hydrogens (tertiary/aromatic N) is 2. The first-order chi connectivity index (χ1) is 12.3. The van der Waals surface area contributed by atoms with Crippen molar-refractivity contribution in [3.8, 4) is 5.88 Å². The van der Waals surface area contributed by atoms with Gasteiger partial charge in [0.05, 0.1) is 10.9 Å². The van der Waals surface area contributed by atoms with Gasteiger partial charge >= 0.3 is 0 Å². The maximum atomic E-state index is 12.1. The summed E-state index contributed by atoms with van der Waals surface area (Å²) in [5.74, 6) is -0.311. The monoisotopic (exact) mass is 347 g/mol. The van der Waals surface area contributed by atoms with Crippen molar-refractivity contribution >= 4 is 28.6 Å². The molecule has 5 nitrogen and oxygen atoms in total. The molecule has 2 N–H and O–H groups in total. The number of carbonyl (C=O) groups is 1. The molecular weight excluding hydrogens is 326 g/mol. The number of hydrogen-bond donors (Lipinski definition) is 2. The molecule has 0 spiro atoms. The molecule has 0 radical (unpaired) electrons. The molecule has 0 atom stereocenters. The molecule has 0 aliphatic carbocycles. The summed E-state index contributed by atoms with van der Waals surface area (Å²) in [6, 6.07) is 13.2. The lowest BCUT2D eigenvalue weighted by atomic mass is 9.87. The van der Waals surface area contributed by atoms with Gasteiger partial charge in [0.25, 0.3) is 0 Å². The van der Waals surface area contributed by atoms with E-state index in [0.717, 1.165) is 5.56 Å². The van der Waals surface area contributed by atoms with Gasteiger partial charge in [0, 0.05) is 11.8 Å². The van der Waals surface area contributed by atoms with E-state index in [1.807, 2.05) is 12.1 Å². The molecule has 2 aromatic carbocycles. The Balaban J connectivity index is 1.69. The van der Waals surface area contributed by atoms with Crippen LogP contribution >= 0.6 is 0 Å². The summed E-state index contributed by atoms with van der Waals surface area (Å²) in [6.07, 6.45) is 4.55. The first kappa shape index (κ1) is 17.6. The molecule has 0 aliphatic heterocycles. The van der Waals surface area contributed by atoms with Crippen LogP contribution in [0.1, 0.15) is 31.9 Å². The molecule has 0 saturated heterocycles. The standard InChI is InChI=1S/C21H21N3O2/c1-21(2,3)15-7-4-14(5-8-15)6-11-19(25)24-16-9-10-17-18(12-16)22-13-23-20(17)26/h4-13H,1-3H3,(H,24,25)(H,22,23,26)/b11-6+. The highest BCUT2D eigenvalue weighted by atomic mass is 16.3. The number of aromatic hydroxyl groups is 1. The molecule has 132 valence electrons. The van der Waals surface area contributed by atoms with E-state index in [1.54, 1.807) is 24.3 Å². The third-order valence-corrected chi connectivity index (χ3v) is 4.09. The summed E-state index contributed by atoms with van der Waals surface area (Å²) < 4.78 is 0. The van der Waals surface area contributed by atoms with Crippen molar-refractivity contribution in [2.45, 2.75) is 26.2 Å². The normalized spacial score (nSPS) is 11.8. The van der Waals surface area contributed by atoms with Crippen LogP contribution in [0.4, 0.5) is 5.69 Å². The van der Waals surface area contributed by atoms with E-state index in [2.05, 4.69) is 48.2 Å². The van der Waals surface area contributed by atoms with Gasteiger partial charge in [-0.1, -0.05) is 45.0 Å². The van der Waals surface area contributed by atoms with Crippen LogP contribution in [-0.4, -0.2) is 21.0 Å². The lowest BCUT2D eigenvalue weighted by Gasteiger charge is -2.18. The third-order valence-electron chi connectivity index (χ3n) is 4.09. The van der Waals surface area contributed by atoms with Gasteiger partial charge in [0.2, 0.25) is 11.8 Å². The fourth-order valence-electron chi connectivity index (χ4n) is 2.57. The Hall–Kier alpha value is -3.21. The van der Waals surface area contributed by atoms with E-state index in [0.29, 0.717) is 16.6 Å². The van der Waals surface area contributed by atoms with Crippen LogP contribution in [0, 0.1) is 0 Å². The summed E-state index contributed by atoms with van der Waals surface area (Å²) in [5.41, 5.74) is 3.49. The van der Waals surface area contributed by atoms with Crippen molar-refractivity contribution < 1.29 is 9.90 Å². The molecule has 0 fully saturated rings. The molecular formula is C21H21N3O2. The van der Waals surface area contributed by atoms with Gasteiger partial charge < -0.3 is 10.4 Å². The van der Waals surface area contributed by atoms with Gasteiger partial charge in [0.15, 0.2) is 0 Å². The van der Waals surface area contributed by atoms with Crippen molar-refractivity contribution in [1.82, 2.24) is 9.97 Å². The average Bonchev–Trinajstić information content (AvgIpc) is 2.60. The largest absolute Gasteiger partial charge is 0.493 e. The molecule has 0 aliphatic rings. The third kappa shape index (κ3) is 4.06. The first-order valence-electron chi connectivity index (χ1n) is 8.36. The summed E-state index contributed by atoms with van der Waals surface area (Å²) in [4.78, 5) is 20.0. The Morgan fingerprint density at radius 2 is 1.81 bits per heavy atom. The van der Waals surface area contributed by atoms with Crippen LogP contribution in [0.2, 0.25) is 0 Å². The fraction of sp³-hybridized carbons (Fsp3) is 0.190. The highest BCUT2D eigenvalue weighted by Crippen LogP contribution is 2.24. The molecule has 0 saturated carbocycles. The van der Waals surface area contributed by atoms with Gasteiger partial charge in [-0.05, 0) is 40.8 Å². The van der Waals surface area contributed by atoms with E-state index in [1.165, 1.54) is 18.0 Å². The minimum atomic E-state index is -0.234. The summed E-state index contributed by atoms with van der Waals surface area (Å²) in [6.45, 7) is 6.50. The molecule has 1 amide bonds. The van der Waals surface area contributed by atoms with Gasteiger partial charge in [0.1, 0.15) is 6.33 Å². The highest BCUT2D eigenvalue weighted by Gasteiger charge is 2.12. The quantitative estimate of drug-likeness (QED) is 0.693. The number of benzene rings is 2. The summed E-state index contributed by atoms with van der Waals surface area (Å²) >= 11 is 0. The van der Waals surface area contributed by atoms with E-state index >= 15 is 0 Å². The fourth-order valence-corrected chi connectivity index (χ4v) is 2.57. The Bertz CT molecular complexity index is 971. The van der Waals surface area contributed by atoms with E-state index in [9.17, 15) is 9.90 Å². The first-order valence-corrected chi connectivity index (χ1v) is 8.36. The molecule has 1 aromatic heterocycles. The van der Waals surface area contributed by atoms with Crippen LogP contribution in [0.5, 0.6) is 5.88 Å². The van der Waals surface area contributed by atoms with E-state index in [4.69, 9.17) is 0 Å². The number of hydrogen-bond acceptors (Lipinski definition) is 4. The molecule has 5 heteroatoms. The predicted molar refractivity (Wildman–Crippen MR) is 104 cm³/mol. The van der Waals surface area contributed by atoms with Crippen LogP contribution < -0.4 is 5.32 Å². The van der Waals surface area contributed by atoms with Crippen LogP contribution in [-0.2, 0) is 10.2 Å². The average molecular weight is 347 g/mol. The Labute approximate surface area is 152 Å². The molecule has 1 heterocycles. The number of amides is 1. The number of fused-ring (bicyclic) bond motifs is 1. The SMILES string of the molecule is CC(C)(C)c1ccc(/C=C/C(=O)Nc2ccc3c(O)ncnc3c2)cc1. The maximum absolute atomic E-state index is 12.1. The molecule has 26 heavy (non-hydrogen) atoms. The van der Waals surface area contributed by atoms with Crippen molar-refractivity contribution in [2.75, 3.05) is 5.32 Å². The molecule has 0 unspecified atom stereocenters. The topological polar surface area (TPSA) is 75.1 Å². The lowest BCUT2D eigenvalue weighted by molar-refractivity contribution is -0.111. The number of rotatable bonds is 3. The summed E-state index contributed by atoms with van der Waals surface area (Å²) in [5, 5.41) is 13.0. The minimum Gasteiger partial charge on any atom is -0.493 e. The second-order valence-electron chi connectivity index (χ2n) is 7.12. The van der Waals surface area contributed by atoms with Crippen LogP contribution in [0.3, 0.4) is 0 Å². The van der Waals surface area contributed by atoms with E-state index in [-0.39, 0.29) is 17.2 Å². The lowest BCUT2D eigenvalue weighted by Crippen LogP contribution is -2.10. The highest BCUT2D eigenvalue weighted by molar-refractivity contribution is 6.03. The smallest absolute Gasteiger partial charge is 0.248 e. The molecule has 0 bridgehead atoms. The van der Waals surface area contributed by atoms with Gasteiger partial charge in [-0.25, -0.2) is 9.97 Å². The van der Waals surface area contributed by atoms with Crippen molar-refractivity contribution in [1.29, 1.82) is 0 Å². The number of nitrogens with one attached hydrogen (secondary N) is 1. The van der Waals surface area contributed by atoms with Gasteiger partial charge in [-0.2, -0.15) is 0 Å². The zero-order valence-electron chi connectivity index (χ0n) is 15.0. The van der Waals surface area contributed by atoms with Gasteiger partial charge in [-0.3, -0.25) is 4.79 Å². The number of carbonyl (C=O) groups excluding carboxylic acids is 1. The van der Waals surface area contributed by atoms with Crippen molar-refractivity contribution in [3.05, 3.63) is 66.0 Å². The van der Waals surface area contributed by atoms with Gasteiger partial charge in [-0.15, -0.1) is 0 Å². The summed E-state index contributed by atoms with van der Waals surface area (Å²) in [7, 11) is 0. The van der Waals surface area contributed by atoms with Crippen molar-refractivity contribution in [2.24, 2.45) is 0 Å². The Kier molecular flexibility index (Phi) is 4.71. The Morgan fingerprint density at radius 3 is 2.50 bits per heavy atom. The zero-order valence-corrected chi connectivity index (χ0v) is 15.0. The maximum Gasteiger partial charge on any atom is 0.248 e. The predicted octanol–water partition coefficient (Wildman–Crippen LogP) is 4.28. The van der Waals surface area contributed by atoms with Crippen molar-refractivity contribution in [3.63, 3.8) is 0 Å². The second kappa shape index (κ2) is 6.96. The number of aromatic nitrogens is 2. The van der Waals surface area contributed by atoms with Crippen LogP contribution in [0.25, 0.3) is 17.0 Å². The number of anilines is 1. The second-order valence-corrected chi connectivity index (χ2v) is 7.12. The minimum absolute atomic E-state index is 0.0773. The molecule has 3 aromatic rings.